The van der Waals surface area contributed by atoms with Gasteiger partial charge in [-0.2, -0.15) is 0 Å². The topological polar surface area (TPSA) is 79.3 Å². The van der Waals surface area contributed by atoms with Crippen molar-refractivity contribution in [3.63, 3.8) is 0 Å². The first-order chi connectivity index (χ1) is 12.9. The second kappa shape index (κ2) is 6.38. The van der Waals surface area contributed by atoms with Crippen molar-refractivity contribution in [1.82, 2.24) is 4.31 Å². The van der Waals surface area contributed by atoms with Crippen molar-refractivity contribution in [3.05, 3.63) is 59.7 Å². The average Bonchev–Trinajstić information content (AvgIpc) is 3.20. The van der Waals surface area contributed by atoms with Crippen LogP contribution in [0.3, 0.4) is 0 Å². The van der Waals surface area contributed by atoms with Crippen molar-refractivity contribution in [2.45, 2.75) is 17.4 Å². The molecule has 0 saturated carbocycles. The van der Waals surface area contributed by atoms with Crippen LogP contribution in [0.4, 0.5) is 5.69 Å². The Kier molecular flexibility index (Phi) is 4.15. The largest absolute Gasteiger partial charge is 0.390 e. The molecule has 0 fully saturated rings. The van der Waals surface area contributed by atoms with Crippen LogP contribution in [-0.2, 0) is 14.9 Å². The highest BCUT2D eigenvalue weighted by atomic mass is 32.2. The number of amides is 1. The van der Waals surface area contributed by atoms with Gasteiger partial charge >= 0.3 is 0 Å². The summed E-state index contributed by atoms with van der Waals surface area (Å²) in [5, 5.41) is 4.10. The number of oxime groups is 1. The number of carbonyl (C=O) groups is 1. The molecule has 0 aromatic heterocycles. The van der Waals surface area contributed by atoms with E-state index < -0.39 is 22.0 Å². The molecule has 0 radical (unpaired) electrons. The Morgan fingerprint density at radius 1 is 1.15 bits per heavy atom. The van der Waals surface area contributed by atoms with Crippen LogP contribution in [0, 0.1) is 0 Å². The van der Waals surface area contributed by atoms with Crippen molar-refractivity contribution in [2.24, 2.45) is 5.16 Å². The van der Waals surface area contributed by atoms with Gasteiger partial charge in [0.2, 0.25) is 0 Å². The molecule has 0 bridgehead atoms. The zero-order valence-electron chi connectivity index (χ0n) is 15.0. The van der Waals surface area contributed by atoms with Crippen molar-refractivity contribution in [2.75, 3.05) is 25.5 Å². The standard InChI is InChI=1S/C19H19N3O4S/c1-21(2)14-9-7-13(8-10-14)17-11-15(26-20-17)12-22-19(23)16-5-3-4-6-18(16)27(22,24)25/h3-10,15H,11-12H2,1-2H3/t15-/m1/s1. The maximum absolute atomic E-state index is 12.6. The summed E-state index contributed by atoms with van der Waals surface area (Å²) < 4.78 is 26.2. The highest BCUT2D eigenvalue weighted by molar-refractivity contribution is 7.90. The van der Waals surface area contributed by atoms with E-state index in [9.17, 15) is 13.2 Å². The lowest BCUT2D eigenvalue weighted by Crippen LogP contribution is -2.37. The first kappa shape index (κ1) is 17.5. The molecule has 7 nitrogen and oxygen atoms in total. The Morgan fingerprint density at radius 2 is 1.85 bits per heavy atom. The van der Waals surface area contributed by atoms with Crippen molar-refractivity contribution in [3.8, 4) is 0 Å². The van der Waals surface area contributed by atoms with Crippen LogP contribution >= 0.6 is 0 Å². The second-order valence-electron chi connectivity index (χ2n) is 6.75. The zero-order valence-corrected chi connectivity index (χ0v) is 15.8. The molecule has 4 rings (SSSR count). The molecule has 1 atom stereocenters. The fraction of sp³-hybridized carbons (Fsp3) is 0.263. The summed E-state index contributed by atoms with van der Waals surface area (Å²) >= 11 is 0. The Labute approximate surface area is 157 Å². The fourth-order valence-corrected chi connectivity index (χ4v) is 4.85. The van der Waals surface area contributed by atoms with Gasteiger partial charge in [-0.3, -0.25) is 4.79 Å². The molecule has 2 aromatic carbocycles. The number of hydrogen-bond donors (Lipinski definition) is 0. The predicted octanol–water partition coefficient (Wildman–Crippen LogP) is 2.09. The fourth-order valence-electron chi connectivity index (χ4n) is 3.25. The SMILES string of the molecule is CN(C)c1ccc(C2=NO[C@@H](CN3C(=O)c4ccccc4S3(=O)=O)C2)cc1. The third-order valence-electron chi connectivity index (χ3n) is 4.73. The number of nitrogens with zero attached hydrogens (tertiary/aromatic N) is 3. The molecule has 2 aromatic rings. The van der Waals surface area contributed by atoms with E-state index in [1.165, 1.54) is 12.1 Å². The van der Waals surface area contributed by atoms with E-state index >= 15 is 0 Å². The van der Waals surface area contributed by atoms with E-state index in [1.807, 2.05) is 43.3 Å². The van der Waals surface area contributed by atoms with Gasteiger partial charge in [-0.15, -0.1) is 0 Å². The summed E-state index contributed by atoms with van der Waals surface area (Å²) in [6, 6.07) is 14.1. The van der Waals surface area contributed by atoms with Gasteiger partial charge in [0.25, 0.3) is 15.9 Å². The van der Waals surface area contributed by atoms with E-state index in [4.69, 9.17) is 4.84 Å². The number of hydrogen-bond acceptors (Lipinski definition) is 6. The van der Waals surface area contributed by atoms with Crippen LogP contribution in [0.15, 0.2) is 58.6 Å². The minimum atomic E-state index is -3.83. The minimum absolute atomic E-state index is 0.0495. The summed E-state index contributed by atoms with van der Waals surface area (Å²) in [6.45, 7) is -0.0569. The first-order valence-corrected chi connectivity index (χ1v) is 9.98. The summed E-state index contributed by atoms with van der Waals surface area (Å²) in [6.07, 6.45) is -0.0571. The maximum atomic E-state index is 12.6. The van der Waals surface area contributed by atoms with Crippen molar-refractivity contribution in [1.29, 1.82) is 0 Å². The van der Waals surface area contributed by atoms with Crippen LogP contribution in [0.5, 0.6) is 0 Å². The minimum Gasteiger partial charge on any atom is -0.390 e. The zero-order chi connectivity index (χ0) is 19.2. The normalized spacial score (nSPS) is 20.2. The van der Waals surface area contributed by atoms with Gasteiger partial charge in [0.05, 0.1) is 17.8 Å². The van der Waals surface area contributed by atoms with E-state index in [-0.39, 0.29) is 17.0 Å². The van der Waals surface area contributed by atoms with E-state index in [0.29, 0.717) is 6.42 Å². The summed E-state index contributed by atoms with van der Waals surface area (Å²) in [5.41, 5.74) is 2.94. The average molecular weight is 385 g/mol. The lowest BCUT2D eigenvalue weighted by Gasteiger charge is -2.18. The van der Waals surface area contributed by atoms with Gasteiger partial charge in [-0.1, -0.05) is 29.4 Å². The van der Waals surface area contributed by atoms with Crippen molar-refractivity contribution >= 4 is 27.3 Å². The van der Waals surface area contributed by atoms with Crippen LogP contribution in [0.25, 0.3) is 0 Å². The lowest BCUT2D eigenvalue weighted by atomic mass is 10.0. The first-order valence-electron chi connectivity index (χ1n) is 8.54. The molecule has 2 heterocycles. The van der Waals surface area contributed by atoms with Crippen LogP contribution < -0.4 is 4.90 Å². The van der Waals surface area contributed by atoms with Gasteiger partial charge in [0.15, 0.2) is 6.10 Å². The summed E-state index contributed by atoms with van der Waals surface area (Å²) in [7, 11) is 0.0971. The van der Waals surface area contributed by atoms with Gasteiger partial charge in [-0.05, 0) is 29.8 Å². The third-order valence-corrected chi connectivity index (χ3v) is 6.54. The molecule has 2 aliphatic heterocycles. The Hall–Kier alpha value is -2.87. The smallest absolute Gasteiger partial charge is 0.269 e. The molecule has 0 unspecified atom stereocenters. The van der Waals surface area contributed by atoms with Crippen LogP contribution in [0.1, 0.15) is 22.3 Å². The number of benzene rings is 2. The molecule has 2 aliphatic rings. The molecular weight excluding hydrogens is 366 g/mol. The summed E-state index contributed by atoms with van der Waals surface area (Å²) in [4.78, 5) is 20.0. The monoisotopic (exact) mass is 385 g/mol. The quantitative estimate of drug-likeness (QED) is 0.805. The van der Waals surface area contributed by atoms with Gasteiger partial charge < -0.3 is 9.74 Å². The molecule has 0 aliphatic carbocycles. The number of rotatable bonds is 4. The van der Waals surface area contributed by atoms with E-state index in [1.54, 1.807) is 12.1 Å². The van der Waals surface area contributed by atoms with E-state index in [2.05, 4.69) is 5.16 Å². The maximum Gasteiger partial charge on any atom is 0.269 e. The highest BCUT2D eigenvalue weighted by Gasteiger charge is 2.43. The lowest BCUT2D eigenvalue weighted by molar-refractivity contribution is 0.0599. The van der Waals surface area contributed by atoms with Gasteiger partial charge in [-0.25, -0.2) is 12.7 Å². The van der Waals surface area contributed by atoms with Crippen molar-refractivity contribution < 1.29 is 18.0 Å². The molecule has 0 N–H and O–H groups in total. The molecule has 0 spiro atoms. The van der Waals surface area contributed by atoms with Crippen LogP contribution in [0.2, 0.25) is 0 Å². The Morgan fingerprint density at radius 3 is 2.52 bits per heavy atom. The number of carbonyl (C=O) groups excluding carboxylic acids is 1. The molecule has 27 heavy (non-hydrogen) atoms. The molecule has 1 amide bonds. The molecule has 8 heteroatoms. The number of fused-ring (bicyclic) bond motifs is 1. The molecular formula is C19H19N3O4S. The summed E-state index contributed by atoms with van der Waals surface area (Å²) in [5.74, 6) is -0.516. The van der Waals surface area contributed by atoms with Gasteiger partial charge in [0.1, 0.15) is 4.90 Å². The Bertz CT molecular complexity index is 1030. The Balaban J connectivity index is 1.48. The third kappa shape index (κ3) is 2.95. The number of sulfonamides is 1. The highest BCUT2D eigenvalue weighted by Crippen LogP contribution is 2.31. The number of anilines is 1. The van der Waals surface area contributed by atoms with E-state index in [0.717, 1.165) is 21.3 Å². The molecule has 0 saturated heterocycles. The molecule has 140 valence electrons. The predicted molar refractivity (Wildman–Crippen MR) is 101 cm³/mol. The second-order valence-corrected chi connectivity index (χ2v) is 8.58. The van der Waals surface area contributed by atoms with Crippen LogP contribution in [-0.4, -0.2) is 51.1 Å². The van der Waals surface area contributed by atoms with Gasteiger partial charge in [0, 0.05) is 26.2 Å².